The Morgan fingerprint density at radius 2 is 1.91 bits per heavy atom. The monoisotopic (exact) mass is 455 g/mol. The number of amides is 2. The normalized spacial score (nSPS) is 16.6. The SMILES string of the molecule is COCCNC(=O)CN1CCN(c2cc(C(=O)O)c3cc(NC(=O)C4CC4)ccc3n2)CC1. The largest absolute Gasteiger partial charge is 0.478 e. The summed E-state index contributed by atoms with van der Waals surface area (Å²) in [5.41, 5.74) is 1.29. The van der Waals surface area contributed by atoms with Crippen molar-refractivity contribution in [1.29, 1.82) is 0 Å². The number of benzene rings is 1. The lowest BCUT2D eigenvalue weighted by Crippen LogP contribution is -2.50. The van der Waals surface area contributed by atoms with Crippen molar-refractivity contribution >= 4 is 40.2 Å². The van der Waals surface area contributed by atoms with E-state index in [-0.39, 0.29) is 23.3 Å². The van der Waals surface area contributed by atoms with Crippen LogP contribution in [-0.2, 0) is 14.3 Å². The minimum atomic E-state index is -1.04. The number of pyridine rings is 1. The lowest BCUT2D eigenvalue weighted by Gasteiger charge is -2.35. The van der Waals surface area contributed by atoms with Gasteiger partial charge in [-0.2, -0.15) is 0 Å². The standard InChI is InChI=1S/C23H29N5O5/c1-33-11-6-24-21(29)14-27-7-9-28(10-8-27)20-13-18(23(31)32)17-12-16(4-5-19(17)26-20)25-22(30)15-2-3-15/h4-5,12-13,15H,2-3,6-11,14H2,1H3,(H,24,29)(H,25,30)(H,31,32). The topological polar surface area (TPSA) is 124 Å². The number of ether oxygens (including phenoxy) is 1. The average Bonchev–Trinajstić information content (AvgIpc) is 3.64. The molecule has 33 heavy (non-hydrogen) atoms. The third kappa shape index (κ3) is 5.77. The summed E-state index contributed by atoms with van der Waals surface area (Å²) in [7, 11) is 1.59. The first-order valence-corrected chi connectivity index (χ1v) is 11.2. The predicted octanol–water partition coefficient (Wildman–Crippen LogP) is 1.17. The summed E-state index contributed by atoms with van der Waals surface area (Å²) in [6.07, 6.45) is 1.80. The lowest BCUT2D eigenvalue weighted by atomic mass is 10.1. The number of anilines is 2. The van der Waals surface area contributed by atoms with Crippen LogP contribution < -0.4 is 15.5 Å². The molecule has 0 radical (unpaired) electrons. The van der Waals surface area contributed by atoms with Gasteiger partial charge in [-0.15, -0.1) is 0 Å². The highest BCUT2D eigenvalue weighted by Gasteiger charge is 2.29. The maximum atomic E-state index is 12.1. The van der Waals surface area contributed by atoms with Gasteiger partial charge in [0.1, 0.15) is 5.82 Å². The number of piperazine rings is 1. The molecule has 1 saturated heterocycles. The van der Waals surface area contributed by atoms with E-state index in [0.717, 1.165) is 12.8 Å². The van der Waals surface area contributed by atoms with Crippen molar-refractivity contribution in [2.75, 3.05) is 63.2 Å². The maximum absolute atomic E-state index is 12.1. The molecule has 2 fully saturated rings. The molecule has 4 rings (SSSR count). The Kier molecular flexibility index (Phi) is 7.05. The number of methoxy groups -OCH3 is 1. The first-order chi connectivity index (χ1) is 15.9. The molecule has 1 aromatic heterocycles. The van der Waals surface area contributed by atoms with Gasteiger partial charge in [-0.05, 0) is 37.1 Å². The van der Waals surface area contributed by atoms with Gasteiger partial charge in [0, 0.05) is 56.8 Å². The minimum absolute atomic E-state index is 0.0268. The average molecular weight is 456 g/mol. The molecule has 1 aliphatic heterocycles. The number of nitrogens with zero attached hydrogens (tertiary/aromatic N) is 3. The van der Waals surface area contributed by atoms with Gasteiger partial charge in [-0.25, -0.2) is 9.78 Å². The highest BCUT2D eigenvalue weighted by Crippen LogP contribution is 2.31. The van der Waals surface area contributed by atoms with Gasteiger partial charge in [-0.3, -0.25) is 14.5 Å². The number of carbonyl (C=O) groups excluding carboxylic acids is 2. The molecule has 1 saturated carbocycles. The van der Waals surface area contributed by atoms with Gasteiger partial charge in [0.25, 0.3) is 0 Å². The molecule has 176 valence electrons. The van der Waals surface area contributed by atoms with Crippen LogP contribution >= 0.6 is 0 Å². The second kappa shape index (κ2) is 10.1. The molecule has 2 aliphatic rings. The maximum Gasteiger partial charge on any atom is 0.336 e. The van der Waals surface area contributed by atoms with Crippen molar-refractivity contribution in [2.24, 2.45) is 5.92 Å². The minimum Gasteiger partial charge on any atom is -0.478 e. The van der Waals surface area contributed by atoms with Crippen molar-refractivity contribution in [1.82, 2.24) is 15.2 Å². The van der Waals surface area contributed by atoms with E-state index in [2.05, 4.69) is 20.5 Å². The molecule has 0 bridgehead atoms. The Bertz CT molecular complexity index is 1050. The predicted molar refractivity (Wildman–Crippen MR) is 124 cm³/mol. The van der Waals surface area contributed by atoms with Gasteiger partial charge >= 0.3 is 5.97 Å². The lowest BCUT2D eigenvalue weighted by molar-refractivity contribution is -0.122. The van der Waals surface area contributed by atoms with Gasteiger partial charge in [0.15, 0.2) is 0 Å². The fourth-order valence-electron chi connectivity index (χ4n) is 3.90. The molecule has 1 aliphatic carbocycles. The molecule has 2 heterocycles. The Balaban J connectivity index is 1.44. The van der Waals surface area contributed by atoms with E-state index in [4.69, 9.17) is 4.74 Å². The summed E-state index contributed by atoms with van der Waals surface area (Å²) in [4.78, 5) is 44.8. The van der Waals surface area contributed by atoms with Crippen molar-refractivity contribution in [3.05, 3.63) is 29.8 Å². The quantitative estimate of drug-likeness (QED) is 0.482. The van der Waals surface area contributed by atoms with E-state index in [1.54, 1.807) is 31.4 Å². The van der Waals surface area contributed by atoms with Crippen LogP contribution in [-0.4, -0.2) is 85.8 Å². The van der Waals surface area contributed by atoms with Crippen LogP contribution in [0.3, 0.4) is 0 Å². The highest BCUT2D eigenvalue weighted by molar-refractivity contribution is 6.05. The fourth-order valence-corrected chi connectivity index (χ4v) is 3.90. The number of carbonyl (C=O) groups is 3. The number of aromatic carboxylic acids is 1. The smallest absolute Gasteiger partial charge is 0.336 e. The van der Waals surface area contributed by atoms with Crippen LogP contribution in [0.1, 0.15) is 23.2 Å². The first-order valence-electron chi connectivity index (χ1n) is 11.2. The van der Waals surface area contributed by atoms with E-state index >= 15 is 0 Å². The zero-order valence-corrected chi connectivity index (χ0v) is 18.7. The van der Waals surface area contributed by atoms with Gasteiger partial charge in [0.2, 0.25) is 11.8 Å². The molecule has 10 heteroatoms. The number of carboxylic acid groups (broad SMARTS) is 1. The molecule has 3 N–H and O–H groups in total. The highest BCUT2D eigenvalue weighted by atomic mass is 16.5. The molecule has 1 aromatic carbocycles. The van der Waals surface area contributed by atoms with Crippen molar-refractivity contribution < 1.29 is 24.2 Å². The third-order valence-electron chi connectivity index (χ3n) is 5.93. The summed E-state index contributed by atoms with van der Waals surface area (Å²) in [6, 6.07) is 6.76. The first kappa shape index (κ1) is 22.9. The third-order valence-corrected chi connectivity index (χ3v) is 5.93. The van der Waals surface area contributed by atoms with Crippen LogP contribution in [0.5, 0.6) is 0 Å². The van der Waals surface area contributed by atoms with Gasteiger partial charge < -0.3 is 25.4 Å². The number of aromatic nitrogens is 1. The van der Waals surface area contributed by atoms with E-state index in [9.17, 15) is 19.5 Å². The van der Waals surface area contributed by atoms with E-state index < -0.39 is 5.97 Å². The van der Waals surface area contributed by atoms with Crippen molar-refractivity contribution in [3.8, 4) is 0 Å². The van der Waals surface area contributed by atoms with Gasteiger partial charge in [-0.1, -0.05) is 0 Å². The summed E-state index contributed by atoms with van der Waals surface area (Å²) < 4.78 is 4.94. The molecule has 2 amide bonds. The molecular formula is C23H29N5O5. The zero-order valence-electron chi connectivity index (χ0n) is 18.7. The number of nitrogens with one attached hydrogen (secondary N) is 2. The van der Waals surface area contributed by atoms with Crippen molar-refractivity contribution in [3.63, 3.8) is 0 Å². The fraction of sp³-hybridized carbons (Fsp3) is 0.478. The second-order valence-electron chi connectivity index (χ2n) is 8.43. The van der Waals surface area contributed by atoms with Crippen LogP contribution in [0.4, 0.5) is 11.5 Å². The van der Waals surface area contributed by atoms with E-state index in [1.807, 2.05) is 4.90 Å². The Morgan fingerprint density at radius 3 is 2.58 bits per heavy atom. The van der Waals surface area contributed by atoms with Crippen LogP contribution in [0, 0.1) is 5.92 Å². The molecule has 2 aromatic rings. The summed E-state index contributed by atoms with van der Waals surface area (Å²) in [5, 5.41) is 16.0. The number of hydrogen-bond acceptors (Lipinski definition) is 7. The van der Waals surface area contributed by atoms with E-state index in [1.165, 1.54) is 0 Å². The number of hydrogen-bond donors (Lipinski definition) is 3. The summed E-state index contributed by atoms with van der Waals surface area (Å²) in [6.45, 7) is 3.90. The number of carboxylic acids is 1. The van der Waals surface area contributed by atoms with Gasteiger partial charge in [0.05, 0.1) is 24.2 Å². The zero-order chi connectivity index (χ0) is 23.4. The Morgan fingerprint density at radius 1 is 1.15 bits per heavy atom. The number of rotatable bonds is 9. The van der Waals surface area contributed by atoms with E-state index in [0.29, 0.717) is 68.3 Å². The van der Waals surface area contributed by atoms with Crippen LogP contribution in [0.15, 0.2) is 24.3 Å². The summed E-state index contributed by atoms with van der Waals surface area (Å²) in [5.74, 6) is -0.446. The molecule has 10 nitrogen and oxygen atoms in total. The summed E-state index contributed by atoms with van der Waals surface area (Å²) >= 11 is 0. The molecule has 0 atom stereocenters. The Labute approximate surface area is 191 Å². The molecule has 0 spiro atoms. The van der Waals surface area contributed by atoms with Crippen LogP contribution in [0.2, 0.25) is 0 Å². The Hall–Kier alpha value is -3.24. The second-order valence-corrected chi connectivity index (χ2v) is 8.43. The van der Waals surface area contributed by atoms with Crippen molar-refractivity contribution in [2.45, 2.75) is 12.8 Å². The molecule has 0 unspecified atom stereocenters. The molecular weight excluding hydrogens is 426 g/mol. The van der Waals surface area contributed by atoms with Crippen LogP contribution in [0.25, 0.3) is 10.9 Å². The number of fused-ring (bicyclic) bond motifs is 1.